The van der Waals surface area contributed by atoms with Gasteiger partial charge in [0, 0.05) is 43.2 Å². The van der Waals surface area contributed by atoms with Crippen LogP contribution in [0.4, 0.5) is 0 Å². The molecule has 0 radical (unpaired) electrons. The fourth-order valence-electron chi connectivity index (χ4n) is 4.85. The molecule has 1 atom stereocenters. The van der Waals surface area contributed by atoms with Gasteiger partial charge in [0.05, 0.1) is 16.1 Å². The number of carbonyl (C=O) groups is 2. The number of aryl methyl sites for hydroxylation is 1. The SMILES string of the molecule is Cc1cc2c(C(=O)N3CCC4(CCN(C(=O)c5ccnc(Cl)c5Cl)C4)C3)cccc2o1. The maximum absolute atomic E-state index is 13.3. The van der Waals surface area contributed by atoms with Crippen LogP contribution in [-0.2, 0) is 0 Å². The molecule has 5 rings (SSSR count). The summed E-state index contributed by atoms with van der Waals surface area (Å²) in [7, 11) is 0. The molecule has 0 saturated carbocycles. The predicted molar refractivity (Wildman–Crippen MR) is 119 cm³/mol. The normalized spacial score (nSPS) is 20.9. The number of aromatic nitrogens is 1. The summed E-state index contributed by atoms with van der Waals surface area (Å²) < 4.78 is 5.68. The fourth-order valence-corrected chi connectivity index (χ4v) is 5.20. The van der Waals surface area contributed by atoms with Crippen LogP contribution in [0.2, 0.25) is 10.2 Å². The Balaban J connectivity index is 1.33. The standard InChI is InChI=1S/C23H21Cl2N3O3/c1-14-11-17-15(3-2-4-18(17)31-14)21(29)27-9-6-23(12-27)7-10-28(13-23)22(30)16-5-8-26-20(25)19(16)24/h2-5,8,11H,6-7,9-10,12-13H2,1H3. The predicted octanol–water partition coefficient (Wildman–Crippen LogP) is 4.82. The minimum absolute atomic E-state index is 0.0111. The van der Waals surface area contributed by atoms with E-state index in [1.54, 1.807) is 6.07 Å². The van der Waals surface area contributed by atoms with E-state index in [2.05, 4.69) is 4.98 Å². The van der Waals surface area contributed by atoms with Crippen LogP contribution < -0.4 is 0 Å². The van der Waals surface area contributed by atoms with Gasteiger partial charge in [0.1, 0.15) is 16.5 Å². The highest BCUT2D eigenvalue weighted by Crippen LogP contribution is 2.41. The lowest BCUT2D eigenvalue weighted by Gasteiger charge is -2.25. The molecule has 1 spiro atoms. The highest BCUT2D eigenvalue weighted by atomic mass is 35.5. The van der Waals surface area contributed by atoms with Crippen LogP contribution in [0.15, 0.2) is 40.9 Å². The van der Waals surface area contributed by atoms with Crippen molar-refractivity contribution in [1.29, 1.82) is 0 Å². The third kappa shape index (κ3) is 3.48. The molecule has 0 aliphatic carbocycles. The highest BCUT2D eigenvalue weighted by molar-refractivity contribution is 6.43. The topological polar surface area (TPSA) is 66.7 Å². The summed E-state index contributed by atoms with van der Waals surface area (Å²) in [6.45, 7) is 4.42. The van der Waals surface area contributed by atoms with Gasteiger partial charge < -0.3 is 14.2 Å². The quantitative estimate of drug-likeness (QED) is 0.517. The van der Waals surface area contributed by atoms with E-state index >= 15 is 0 Å². The molecular formula is C23H21Cl2N3O3. The second kappa shape index (κ2) is 7.53. The van der Waals surface area contributed by atoms with E-state index in [1.165, 1.54) is 6.20 Å². The molecule has 2 saturated heterocycles. The van der Waals surface area contributed by atoms with Gasteiger partial charge in [-0.2, -0.15) is 0 Å². The van der Waals surface area contributed by atoms with E-state index < -0.39 is 0 Å². The van der Waals surface area contributed by atoms with Gasteiger partial charge in [0.25, 0.3) is 11.8 Å². The first kappa shape index (κ1) is 20.3. The number of furan rings is 1. The minimum atomic E-state index is -0.144. The number of carbonyl (C=O) groups excluding carboxylic acids is 2. The Morgan fingerprint density at radius 3 is 2.42 bits per heavy atom. The molecule has 0 N–H and O–H groups in total. The molecule has 1 aromatic carbocycles. The molecule has 4 heterocycles. The Labute approximate surface area is 189 Å². The fraction of sp³-hybridized carbons (Fsp3) is 0.348. The number of benzene rings is 1. The number of pyridine rings is 1. The van der Waals surface area contributed by atoms with E-state index in [0.29, 0.717) is 37.3 Å². The number of hydrogen-bond acceptors (Lipinski definition) is 4. The molecular weight excluding hydrogens is 437 g/mol. The largest absolute Gasteiger partial charge is 0.461 e. The first-order chi connectivity index (χ1) is 14.9. The molecule has 3 aromatic rings. The molecule has 2 fully saturated rings. The van der Waals surface area contributed by atoms with Gasteiger partial charge in [0.2, 0.25) is 0 Å². The van der Waals surface area contributed by atoms with E-state index in [1.807, 2.05) is 41.0 Å². The minimum Gasteiger partial charge on any atom is -0.461 e. The van der Waals surface area contributed by atoms with Crippen LogP contribution >= 0.6 is 23.2 Å². The highest BCUT2D eigenvalue weighted by Gasteiger charge is 2.46. The number of likely N-dealkylation sites (tertiary alicyclic amines) is 2. The van der Waals surface area contributed by atoms with Crippen molar-refractivity contribution in [2.75, 3.05) is 26.2 Å². The van der Waals surface area contributed by atoms with Crippen LogP contribution in [0, 0.1) is 12.3 Å². The van der Waals surface area contributed by atoms with Gasteiger partial charge in [-0.25, -0.2) is 4.98 Å². The Morgan fingerprint density at radius 1 is 1.03 bits per heavy atom. The van der Waals surface area contributed by atoms with Gasteiger partial charge in [-0.15, -0.1) is 0 Å². The number of rotatable bonds is 2. The number of nitrogens with zero attached hydrogens (tertiary/aromatic N) is 3. The van der Waals surface area contributed by atoms with Crippen LogP contribution in [0.25, 0.3) is 11.0 Å². The van der Waals surface area contributed by atoms with Gasteiger partial charge >= 0.3 is 0 Å². The molecule has 1 unspecified atom stereocenters. The van der Waals surface area contributed by atoms with E-state index in [0.717, 1.165) is 29.6 Å². The lowest BCUT2D eigenvalue weighted by molar-refractivity contribution is 0.0756. The maximum atomic E-state index is 13.3. The lowest BCUT2D eigenvalue weighted by atomic mass is 9.86. The Kier molecular flexibility index (Phi) is 4.94. The molecule has 2 aliphatic rings. The summed E-state index contributed by atoms with van der Waals surface area (Å²) in [5.74, 6) is 0.652. The summed E-state index contributed by atoms with van der Waals surface area (Å²) in [6.07, 6.45) is 3.21. The van der Waals surface area contributed by atoms with Gasteiger partial charge in [-0.3, -0.25) is 9.59 Å². The smallest absolute Gasteiger partial charge is 0.255 e. The third-order valence-corrected chi connectivity index (χ3v) is 7.21. The summed E-state index contributed by atoms with van der Waals surface area (Å²) >= 11 is 12.2. The van der Waals surface area contributed by atoms with Gasteiger partial charge in [-0.05, 0) is 44.0 Å². The van der Waals surface area contributed by atoms with Crippen LogP contribution in [0.5, 0.6) is 0 Å². The maximum Gasteiger partial charge on any atom is 0.255 e. The molecule has 160 valence electrons. The van der Waals surface area contributed by atoms with Crippen LogP contribution in [-0.4, -0.2) is 52.8 Å². The summed E-state index contributed by atoms with van der Waals surface area (Å²) in [6, 6.07) is 9.09. The van der Waals surface area contributed by atoms with E-state index in [-0.39, 0.29) is 27.4 Å². The Bertz CT molecular complexity index is 1210. The molecule has 31 heavy (non-hydrogen) atoms. The second-order valence-electron chi connectivity index (χ2n) is 8.49. The first-order valence-corrected chi connectivity index (χ1v) is 11.0. The summed E-state index contributed by atoms with van der Waals surface area (Å²) in [5.41, 5.74) is 1.67. The van der Waals surface area contributed by atoms with Crippen molar-refractivity contribution in [1.82, 2.24) is 14.8 Å². The summed E-state index contributed by atoms with van der Waals surface area (Å²) in [4.78, 5) is 33.9. The number of halogens is 2. The zero-order chi connectivity index (χ0) is 21.8. The Hall–Kier alpha value is -2.57. The molecule has 2 aromatic heterocycles. The van der Waals surface area contributed by atoms with Gasteiger partial charge in [0.15, 0.2) is 0 Å². The van der Waals surface area contributed by atoms with Gasteiger partial charge in [-0.1, -0.05) is 29.3 Å². The van der Waals surface area contributed by atoms with Crippen molar-refractivity contribution < 1.29 is 14.0 Å². The van der Waals surface area contributed by atoms with Crippen molar-refractivity contribution in [3.63, 3.8) is 0 Å². The lowest BCUT2D eigenvalue weighted by Crippen LogP contribution is -2.35. The average Bonchev–Trinajstić information content (AvgIpc) is 3.47. The average molecular weight is 458 g/mol. The number of amides is 2. The zero-order valence-electron chi connectivity index (χ0n) is 17.0. The van der Waals surface area contributed by atoms with Crippen molar-refractivity contribution >= 4 is 46.0 Å². The monoisotopic (exact) mass is 457 g/mol. The molecule has 8 heteroatoms. The zero-order valence-corrected chi connectivity index (χ0v) is 18.5. The van der Waals surface area contributed by atoms with Crippen LogP contribution in [0.1, 0.15) is 39.3 Å². The number of fused-ring (bicyclic) bond motifs is 1. The third-order valence-electron chi connectivity index (χ3n) is 6.44. The van der Waals surface area contributed by atoms with Crippen molar-refractivity contribution in [2.45, 2.75) is 19.8 Å². The van der Waals surface area contributed by atoms with Crippen molar-refractivity contribution in [3.8, 4) is 0 Å². The van der Waals surface area contributed by atoms with E-state index in [4.69, 9.17) is 27.6 Å². The first-order valence-electron chi connectivity index (χ1n) is 10.2. The van der Waals surface area contributed by atoms with Crippen molar-refractivity contribution in [2.24, 2.45) is 5.41 Å². The molecule has 6 nitrogen and oxygen atoms in total. The Morgan fingerprint density at radius 2 is 1.71 bits per heavy atom. The molecule has 2 amide bonds. The van der Waals surface area contributed by atoms with E-state index in [9.17, 15) is 9.59 Å². The molecule has 2 aliphatic heterocycles. The molecule has 0 bridgehead atoms. The number of hydrogen-bond donors (Lipinski definition) is 0. The van der Waals surface area contributed by atoms with Crippen molar-refractivity contribution in [3.05, 3.63) is 63.6 Å². The second-order valence-corrected chi connectivity index (χ2v) is 9.23. The van der Waals surface area contributed by atoms with Crippen LogP contribution in [0.3, 0.4) is 0 Å². The summed E-state index contributed by atoms with van der Waals surface area (Å²) in [5, 5.41) is 1.16.